The van der Waals surface area contributed by atoms with Gasteiger partial charge in [0.2, 0.25) is 17.7 Å². The Hall–Kier alpha value is -3.22. The van der Waals surface area contributed by atoms with E-state index in [1.54, 1.807) is 0 Å². The van der Waals surface area contributed by atoms with Crippen molar-refractivity contribution in [3.05, 3.63) is 0 Å². The molecule has 3 amide bonds. The van der Waals surface area contributed by atoms with Crippen molar-refractivity contribution in [1.82, 2.24) is 16.0 Å². The number of nitrogens with two attached hydrogens (primary N) is 1. The molecule has 0 heterocycles. The van der Waals surface area contributed by atoms with Crippen LogP contribution in [0.5, 0.6) is 0 Å². The van der Waals surface area contributed by atoms with Crippen molar-refractivity contribution in [2.75, 3.05) is 0 Å². The van der Waals surface area contributed by atoms with Crippen LogP contribution in [0, 0.1) is 0 Å². The minimum Gasteiger partial charge on any atom is -0.481 e. The summed E-state index contributed by atoms with van der Waals surface area (Å²) < 4.78 is 0. The minimum atomic E-state index is -1.30. The second kappa shape index (κ2) is 17.2. The Morgan fingerprint density at radius 1 is 0.714 bits per heavy atom. The van der Waals surface area contributed by atoms with Crippen molar-refractivity contribution in [1.29, 1.82) is 0 Å². The van der Waals surface area contributed by atoms with Crippen molar-refractivity contribution in [2.24, 2.45) is 5.73 Å². The van der Waals surface area contributed by atoms with Gasteiger partial charge in [0.1, 0.15) is 24.2 Å². The lowest BCUT2D eigenvalue weighted by Crippen LogP contribution is -2.55. The number of unbranched alkanes of at least 4 members (excludes halogenated alkanes) is 3. The molecule has 0 unspecified atom stereocenters. The highest BCUT2D eigenvalue weighted by Crippen LogP contribution is 2.08. The van der Waals surface area contributed by atoms with E-state index in [0.29, 0.717) is 6.42 Å². The molecule has 13 heteroatoms. The predicted molar refractivity (Wildman–Crippen MR) is 124 cm³/mol. The smallest absolute Gasteiger partial charge is 0.325 e. The molecule has 200 valence electrons. The van der Waals surface area contributed by atoms with Gasteiger partial charge in [-0.05, 0) is 39.0 Å². The number of carboxylic acid groups (broad SMARTS) is 3. The average molecular weight is 503 g/mol. The Morgan fingerprint density at radius 3 is 1.86 bits per heavy atom. The third kappa shape index (κ3) is 14.6. The van der Waals surface area contributed by atoms with Gasteiger partial charge in [-0.1, -0.05) is 26.2 Å². The molecule has 0 radical (unpaired) electrons. The monoisotopic (exact) mass is 502 g/mol. The van der Waals surface area contributed by atoms with Crippen LogP contribution >= 0.6 is 0 Å². The first-order chi connectivity index (χ1) is 16.4. The van der Waals surface area contributed by atoms with Gasteiger partial charge in [0.15, 0.2) is 0 Å². The van der Waals surface area contributed by atoms with E-state index >= 15 is 0 Å². The van der Waals surface area contributed by atoms with Crippen molar-refractivity contribution in [2.45, 2.75) is 102 Å². The molecular formula is C22H38N4O9. The van der Waals surface area contributed by atoms with Gasteiger partial charge in [0.05, 0.1) is 0 Å². The highest BCUT2D eigenvalue weighted by Gasteiger charge is 2.29. The van der Waals surface area contributed by atoms with E-state index in [2.05, 4.69) is 16.0 Å². The van der Waals surface area contributed by atoms with E-state index in [9.17, 15) is 28.8 Å². The van der Waals surface area contributed by atoms with Gasteiger partial charge < -0.3 is 37.0 Å². The maximum absolute atomic E-state index is 12.9. The van der Waals surface area contributed by atoms with E-state index in [1.807, 2.05) is 6.92 Å². The second-order valence-electron chi connectivity index (χ2n) is 8.37. The number of carboxylic acids is 3. The van der Waals surface area contributed by atoms with Gasteiger partial charge in [-0.2, -0.15) is 0 Å². The van der Waals surface area contributed by atoms with Gasteiger partial charge in [-0.3, -0.25) is 28.8 Å². The Kier molecular flexibility index (Phi) is 15.7. The Morgan fingerprint density at radius 2 is 1.31 bits per heavy atom. The largest absolute Gasteiger partial charge is 0.481 e. The number of carbonyl (C=O) groups is 6. The Bertz CT molecular complexity index is 744. The molecule has 13 nitrogen and oxygen atoms in total. The highest BCUT2D eigenvalue weighted by molar-refractivity contribution is 5.93. The van der Waals surface area contributed by atoms with Crippen LogP contribution in [0.25, 0.3) is 0 Å². The standard InChI is InChI=1S/C22H38N4O9/c1-3-4-5-6-10-17(27)25-16(11-12-18(28)29)20(31)26-15(9-7-8-14(23)22(34)35)19(30)24-13(2)21(32)33/h13-16H,3-12,23H2,1-2H3,(H,24,30)(H,25,27)(H,26,31)(H,28,29)(H,32,33)(H,34,35)/t13-,14+,15-,16+/m1/s1. The molecule has 4 atom stereocenters. The molecule has 0 aromatic carbocycles. The lowest BCUT2D eigenvalue weighted by Gasteiger charge is -2.24. The molecule has 0 aliphatic carbocycles. The summed E-state index contributed by atoms with van der Waals surface area (Å²) in [6.07, 6.45) is 2.97. The molecule has 0 aromatic rings. The van der Waals surface area contributed by atoms with E-state index < -0.39 is 66.2 Å². The van der Waals surface area contributed by atoms with Crippen LogP contribution < -0.4 is 21.7 Å². The van der Waals surface area contributed by atoms with Crippen LogP contribution in [-0.4, -0.2) is 75.1 Å². The molecule has 0 spiro atoms. The van der Waals surface area contributed by atoms with Crippen LogP contribution in [0.15, 0.2) is 0 Å². The fraction of sp³-hybridized carbons (Fsp3) is 0.727. The van der Waals surface area contributed by atoms with Gasteiger partial charge in [0, 0.05) is 12.8 Å². The van der Waals surface area contributed by atoms with Crippen molar-refractivity contribution in [3.8, 4) is 0 Å². The summed E-state index contributed by atoms with van der Waals surface area (Å²) in [6, 6.07) is -4.91. The fourth-order valence-corrected chi connectivity index (χ4v) is 3.10. The SMILES string of the molecule is CCCCCCC(=O)N[C@@H](CCC(=O)O)C(=O)N[C@H](CCC[C@H](N)C(=O)O)C(=O)N[C@H](C)C(=O)O. The number of hydrogen-bond acceptors (Lipinski definition) is 7. The van der Waals surface area contributed by atoms with Gasteiger partial charge >= 0.3 is 17.9 Å². The van der Waals surface area contributed by atoms with E-state index in [0.717, 1.165) is 19.3 Å². The summed E-state index contributed by atoms with van der Waals surface area (Å²) in [5, 5.41) is 34.1. The Labute approximate surface area is 204 Å². The summed E-state index contributed by atoms with van der Waals surface area (Å²) in [5.74, 6) is -5.76. The Balaban J connectivity index is 5.36. The maximum Gasteiger partial charge on any atom is 0.325 e. The van der Waals surface area contributed by atoms with Crippen LogP contribution in [-0.2, 0) is 28.8 Å². The number of nitrogens with one attached hydrogen (secondary N) is 3. The number of hydrogen-bond donors (Lipinski definition) is 7. The molecule has 0 aliphatic heterocycles. The number of aliphatic carboxylic acids is 3. The van der Waals surface area contributed by atoms with Crippen LogP contribution in [0.4, 0.5) is 0 Å². The summed E-state index contributed by atoms with van der Waals surface area (Å²) in [5.41, 5.74) is 5.46. The highest BCUT2D eigenvalue weighted by atomic mass is 16.4. The molecule has 0 rings (SSSR count). The summed E-state index contributed by atoms with van der Waals surface area (Å²) in [7, 11) is 0. The number of carbonyl (C=O) groups excluding carboxylic acids is 3. The van der Waals surface area contributed by atoms with Crippen LogP contribution in [0.1, 0.15) is 78.1 Å². The molecule has 0 saturated carbocycles. The number of amides is 3. The molecular weight excluding hydrogens is 464 g/mol. The molecule has 0 bridgehead atoms. The molecule has 0 aliphatic rings. The van der Waals surface area contributed by atoms with Gasteiger partial charge in [-0.15, -0.1) is 0 Å². The van der Waals surface area contributed by atoms with E-state index in [1.165, 1.54) is 6.92 Å². The van der Waals surface area contributed by atoms with Crippen molar-refractivity contribution < 1.29 is 44.1 Å². The first-order valence-electron chi connectivity index (χ1n) is 11.7. The normalized spacial score (nSPS) is 14.1. The first-order valence-corrected chi connectivity index (χ1v) is 11.7. The number of rotatable bonds is 19. The topological polar surface area (TPSA) is 225 Å². The third-order valence-electron chi connectivity index (χ3n) is 5.24. The third-order valence-corrected chi connectivity index (χ3v) is 5.24. The van der Waals surface area contributed by atoms with E-state index in [4.69, 9.17) is 21.1 Å². The predicted octanol–water partition coefficient (Wildman–Crippen LogP) is -0.0373. The second-order valence-corrected chi connectivity index (χ2v) is 8.37. The summed E-state index contributed by atoms with van der Waals surface area (Å²) in [6.45, 7) is 3.25. The van der Waals surface area contributed by atoms with Crippen LogP contribution in [0.2, 0.25) is 0 Å². The van der Waals surface area contributed by atoms with E-state index in [-0.39, 0.29) is 32.1 Å². The minimum absolute atomic E-state index is 0.000403. The fourth-order valence-electron chi connectivity index (χ4n) is 3.10. The van der Waals surface area contributed by atoms with Gasteiger partial charge in [0.25, 0.3) is 0 Å². The lowest BCUT2D eigenvalue weighted by molar-refractivity contribution is -0.142. The summed E-state index contributed by atoms with van der Waals surface area (Å²) in [4.78, 5) is 70.7. The molecule has 8 N–H and O–H groups in total. The molecule has 0 fully saturated rings. The zero-order valence-corrected chi connectivity index (χ0v) is 20.2. The van der Waals surface area contributed by atoms with Crippen molar-refractivity contribution >= 4 is 35.6 Å². The average Bonchev–Trinajstić information content (AvgIpc) is 2.78. The van der Waals surface area contributed by atoms with Gasteiger partial charge in [-0.25, -0.2) is 0 Å². The lowest BCUT2D eigenvalue weighted by atomic mass is 10.0. The van der Waals surface area contributed by atoms with Crippen LogP contribution in [0.3, 0.4) is 0 Å². The first kappa shape index (κ1) is 31.8. The zero-order chi connectivity index (χ0) is 27.0. The van der Waals surface area contributed by atoms with Crippen molar-refractivity contribution in [3.63, 3.8) is 0 Å². The zero-order valence-electron chi connectivity index (χ0n) is 20.2. The quantitative estimate of drug-likeness (QED) is 0.117. The molecule has 0 aromatic heterocycles. The molecule has 35 heavy (non-hydrogen) atoms. The summed E-state index contributed by atoms with van der Waals surface area (Å²) >= 11 is 0. The molecule has 0 saturated heterocycles. The maximum atomic E-state index is 12.9.